The van der Waals surface area contributed by atoms with Crippen molar-refractivity contribution < 1.29 is 4.79 Å². The number of para-hydroxylation sites is 1. The Hall–Kier alpha value is -1.77. The van der Waals surface area contributed by atoms with Gasteiger partial charge in [-0.05, 0) is 52.8 Å². The number of nitrogens with zero attached hydrogens (tertiary/aromatic N) is 1. The van der Waals surface area contributed by atoms with Crippen molar-refractivity contribution in [3.05, 3.63) is 59.7 Å². The number of thiophene rings is 1. The van der Waals surface area contributed by atoms with Crippen molar-refractivity contribution in [1.82, 2.24) is 9.66 Å². The van der Waals surface area contributed by atoms with E-state index in [4.69, 9.17) is 12.2 Å². The van der Waals surface area contributed by atoms with Crippen LogP contribution in [0.3, 0.4) is 0 Å². The second-order valence-electron chi connectivity index (χ2n) is 4.79. The van der Waals surface area contributed by atoms with E-state index in [1.54, 1.807) is 24.3 Å². The third-order valence-electron chi connectivity index (χ3n) is 3.32. The van der Waals surface area contributed by atoms with Crippen LogP contribution in [-0.4, -0.2) is 15.6 Å². The number of aromatic amines is 1. The zero-order valence-corrected chi connectivity index (χ0v) is 15.3. The third kappa shape index (κ3) is 3.01. The number of fused-ring (bicyclic) bond motifs is 1. The Morgan fingerprint density at radius 1 is 1.43 bits per heavy atom. The van der Waals surface area contributed by atoms with Crippen LogP contribution < -0.4 is 11.0 Å². The van der Waals surface area contributed by atoms with Gasteiger partial charge in [0, 0.05) is 9.35 Å². The molecule has 5 nitrogen and oxygen atoms in total. The van der Waals surface area contributed by atoms with Gasteiger partial charge in [0.1, 0.15) is 0 Å². The molecule has 2 aromatic heterocycles. The molecule has 0 saturated carbocycles. The number of aromatic nitrogens is 2. The molecule has 0 saturated heterocycles. The van der Waals surface area contributed by atoms with E-state index in [-0.39, 0.29) is 16.2 Å². The highest BCUT2D eigenvalue weighted by Gasteiger charge is 2.14. The molecular weight excluding hydrogens is 398 g/mol. The fourth-order valence-electron chi connectivity index (χ4n) is 2.18. The van der Waals surface area contributed by atoms with Crippen molar-refractivity contribution in [2.24, 2.45) is 0 Å². The van der Waals surface area contributed by atoms with E-state index in [2.05, 4.69) is 26.3 Å². The van der Waals surface area contributed by atoms with Gasteiger partial charge in [-0.2, -0.15) is 4.68 Å². The van der Waals surface area contributed by atoms with Gasteiger partial charge >= 0.3 is 0 Å². The molecule has 3 rings (SSSR count). The monoisotopic (exact) mass is 409 g/mol. The van der Waals surface area contributed by atoms with Crippen LogP contribution in [0.1, 0.15) is 21.5 Å². The van der Waals surface area contributed by atoms with Gasteiger partial charge in [0.15, 0.2) is 4.77 Å². The summed E-state index contributed by atoms with van der Waals surface area (Å²) in [7, 11) is 0. The van der Waals surface area contributed by atoms with Crippen molar-refractivity contribution in [3.8, 4) is 0 Å². The predicted molar refractivity (Wildman–Crippen MR) is 98.5 cm³/mol. The van der Waals surface area contributed by atoms with Gasteiger partial charge < -0.3 is 4.98 Å². The van der Waals surface area contributed by atoms with E-state index in [1.807, 2.05) is 13.0 Å². The molecule has 1 aromatic carbocycles. The summed E-state index contributed by atoms with van der Waals surface area (Å²) in [4.78, 5) is 29.4. The minimum absolute atomic E-state index is 0.147. The molecule has 0 bridgehead atoms. The first-order valence-corrected chi connectivity index (χ1v) is 8.86. The molecular formula is C15H12BrN3O2S2. The number of carbonyl (C=O) groups is 1. The Kier molecular flexibility index (Phi) is 4.47. The first-order valence-electron chi connectivity index (χ1n) is 6.85. The van der Waals surface area contributed by atoms with Crippen LogP contribution in [0, 0.1) is 4.77 Å². The van der Waals surface area contributed by atoms with E-state index >= 15 is 0 Å². The number of hydrogen-bond donors (Lipinski definition) is 2. The summed E-state index contributed by atoms with van der Waals surface area (Å²) in [6.07, 6.45) is 0.828. The summed E-state index contributed by atoms with van der Waals surface area (Å²) in [5, 5.41) is 0.461. The van der Waals surface area contributed by atoms with Gasteiger partial charge in [-0.25, -0.2) is 0 Å². The zero-order chi connectivity index (χ0) is 16.6. The maximum Gasteiger partial charge on any atom is 0.281 e. The lowest BCUT2D eigenvalue weighted by atomic mass is 10.2. The van der Waals surface area contributed by atoms with Crippen molar-refractivity contribution in [2.45, 2.75) is 13.3 Å². The lowest BCUT2D eigenvalue weighted by molar-refractivity contribution is 0.101. The summed E-state index contributed by atoms with van der Waals surface area (Å²) in [6, 6.07) is 8.77. The van der Waals surface area contributed by atoms with Gasteiger partial charge in [0.25, 0.3) is 11.5 Å². The molecule has 0 atom stereocenters. The fraction of sp³-hybridized carbons (Fsp3) is 0.133. The molecule has 0 radical (unpaired) electrons. The lowest BCUT2D eigenvalue weighted by Gasteiger charge is -2.08. The smallest absolute Gasteiger partial charge is 0.281 e. The molecule has 8 heteroatoms. The van der Waals surface area contributed by atoms with Crippen LogP contribution in [0.4, 0.5) is 0 Å². The number of carbonyl (C=O) groups excluding carboxylic acids is 1. The van der Waals surface area contributed by atoms with Crippen LogP contribution in [0.15, 0.2) is 39.6 Å². The molecule has 0 aliphatic rings. The molecule has 2 N–H and O–H groups in total. The molecule has 0 aliphatic carbocycles. The molecule has 0 spiro atoms. The Balaban J connectivity index is 2.02. The normalized spacial score (nSPS) is 10.9. The van der Waals surface area contributed by atoms with Crippen LogP contribution in [0.25, 0.3) is 10.9 Å². The van der Waals surface area contributed by atoms with E-state index < -0.39 is 0 Å². The minimum Gasteiger partial charge on any atom is -0.330 e. The number of hydrogen-bond acceptors (Lipinski definition) is 4. The zero-order valence-electron chi connectivity index (χ0n) is 12.1. The van der Waals surface area contributed by atoms with E-state index in [1.165, 1.54) is 11.3 Å². The Morgan fingerprint density at radius 2 is 2.17 bits per heavy atom. The number of benzene rings is 1. The van der Waals surface area contributed by atoms with Gasteiger partial charge in [0.05, 0.1) is 15.8 Å². The first kappa shape index (κ1) is 16.1. The van der Waals surface area contributed by atoms with Crippen LogP contribution in [-0.2, 0) is 6.42 Å². The number of H-pyrrole nitrogens is 1. The quantitative estimate of drug-likeness (QED) is 0.645. The molecule has 118 valence electrons. The maximum atomic E-state index is 12.5. The first-order chi connectivity index (χ1) is 11.0. The van der Waals surface area contributed by atoms with Gasteiger partial charge in [-0.15, -0.1) is 11.3 Å². The van der Waals surface area contributed by atoms with Gasteiger partial charge in [-0.3, -0.25) is 15.0 Å². The standard InChI is InChI=1S/C15H12BrN3O2S2/c1-2-11-9(16)7-12(23-11)13(20)18-19-14(21)8-5-3-4-6-10(8)17-15(19)22/h3-7H,2H2,1H3,(H,17,22)(H,18,20). The van der Waals surface area contributed by atoms with Crippen molar-refractivity contribution in [1.29, 1.82) is 0 Å². The molecule has 3 aromatic rings. The van der Waals surface area contributed by atoms with Crippen molar-refractivity contribution >= 4 is 56.3 Å². The lowest BCUT2D eigenvalue weighted by Crippen LogP contribution is -2.34. The summed E-state index contributed by atoms with van der Waals surface area (Å²) >= 11 is 9.99. The number of aryl methyl sites for hydroxylation is 1. The van der Waals surface area contributed by atoms with E-state index in [0.29, 0.717) is 15.8 Å². The number of amides is 1. The third-order valence-corrected chi connectivity index (χ3v) is 5.85. The Bertz CT molecular complexity index is 1020. The van der Waals surface area contributed by atoms with E-state index in [0.717, 1.165) is 20.4 Å². The van der Waals surface area contributed by atoms with Crippen LogP contribution in [0.5, 0.6) is 0 Å². The number of halogens is 1. The molecule has 0 aliphatic heterocycles. The summed E-state index contributed by atoms with van der Waals surface area (Å²) in [5.41, 5.74) is 2.85. The van der Waals surface area contributed by atoms with E-state index in [9.17, 15) is 9.59 Å². The second kappa shape index (κ2) is 6.38. The highest BCUT2D eigenvalue weighted by molar-refractivity contribution is 9.10. The maximum absolute atomic E-state index is 12.5. The largest absolute Gasteiger partial charge is 0.330 e. The molecule has 1 amide bonds. The Morgan fingerprint density at radius 3 is 2.87 bits per heavy atom. The highest BCUT2D eigenvalue weighted by Crippen LogP contribution is 2.27. The average molecular weight is 410 g/mol. The molecule has 2 heterocycles. The van der Waals surface area contributed by atoms with Gasteiger partial charge in [0.2, 0.25) is 0 Å². The molecule has 0 unspecified atom stereocenters. The second-order valence-corrected chi connectivity index (χ2v) is 7.17. The van der Waals surface area contributed by atoms with Crippen molar-refractivity contribution in [2.75, 3.05) is 5.43 Å². The van der Waals surface area contributed by atoms with Crippen LogP contribution in [0.2, 0.25) is 0 Å². The summed E-state index contributed by atoms with van der Waals surface area (Å²) in [6.45, 7) is 2.02. The summed E-state index contributed by atoms with van der Waals surface area (Å²) in [5.74, 6) is -0.368. The summed E-state index contributed by atoms with van der Waals surface area (Å²) < 4.78 is 2.11. The average Bonchev–Trinajstić information content (AvgIpc) is 2.92. The van der Waals surface area contributed by atoms with Gasteiger partial charge in [-0.1, -0.05) is 19.1 Å². The SMILES string of the molecule is CCc1sc(C(=O)Nn2c(=S)[nH]c3ccccc3c2=O)cc1Br. The number of nitrogens with one attached hydrogen (secondary N) is 2. The number of rotatable bonds is 3. The topological polar surface area (TPSA) is 66.9 Å². The molecule has 0 fully saturated rings. The van der Waals surface area contributed by atoms with Crippen molar-refractivity contribution in [3.63, 3.8) is 0 Å². The van der Waals surface area contributed by atoms with Crippen LogP contribution >= 0.6 is 39.5 Å². The Labute approximate surface area is 149 Å². The molecule has 23 heavy (non-hydrogen) atoms. The fourth-order valence-corrected chi connectivity index (χ4v) is 4.20. The predicted octanol–water partition coefficient (Wildman–Crippen LogP) is 3.83. The minimum atomic E-state index is -0.368. The highest BCUT2D eigenvalue weighted by atomic mass is 79.9.